The Morgan fingerprint density at radius 3 is 2.56 bits per heavy atom. The summed E-state index contributed by atoms with van der Waals surface area (Å²) in [5, 5.41) is 4.18. The maximum absolute atomic E-state index is 5.99. The van der Waals surface area contributed by atoms with Crippen molar-refractivity contribution in [1.29, 1.82) is 0 Å². The summed E-state index contributed by atoms with van der Waals surface area (Å²) in [5.41, 5.74) is 1.92. The molecule has 1 aromatic rings. The zero-order valence-electron chi connectivity index (χ0n) is 11.7. The van der Waals surface area contributed by atoms with E-state index in [0.29, 0.717) is 11.3 Å². The second-order valence-electron chi connectivity index (χ2n) is 6.38. The molecule has 1 aromatic carbocycles. The molecule has 0 amide bonds. The Morgan fingerprint density at radius 1 is 1.28 bits per heavy atom. The van der Waals surface area contributed by atoms with Gasteiger partial charge in [-0.05, 0) is 67.8 Å². The quantitative estimate of drug-likeness (QED) is 0.850. The van der Waals surface area contributed by atoms with E-state index in [9.17, 15) is 0 Å². The predicted molar refractivity (Wildman–Crippen MR) is 79.2 cm³/mol. The van der Waals surface area contributed by atoms with E-state index < -0.39 is 0 Å². The first-order valence-electron chi connectivity index (χ1n) is 6.92. The average Bonchev–Trinajstić information content (AvgIpc) is 2.32. The lowest BCUT2D eigenvalue weighted by Crippen LogP contribution is -2.33. The van der Waals surface area contributed by atoms with Gasteiger partial charge in [-0.3, -0.25) is 0 Å². The van der Waals surface area contributed by atoms with Crippen LogP contribution in [0.4, 0.5) is 0 Å². The van der Waals surface area contributed by atoms with E-state index in [1.165, 1.54) is 24.8 Å². The molecule has 0 saturated heterocycles. The second-order valence-corrected chi connectivity index (χ2v) is 6.82. The number of hydrogen-bond acceptors (Lipinski definition) is 1. The van der Waals surface area contributed by atoms with E-state index in [4.69, 9.17) is 11.6 Å². The zero-order valence-corrected chi connectivity index (χ0v) is 12.4. The smallest absolute Gasteiger partial charge is 0.0406 e. The van der Waals surface area contributed by atoms with Crippen molar-refractivity contribution in [3.8, 4) is 0 Å². The molecule has 1 aliphatic rings. The fraction of sp³-hybridized carbons (Fsp3) is 0.625. The van der Waals surface area contributed by atoms with Gasteiger partial charge >= 0.3 is 0 Å². The Bertz CT molecular complexity index is 383. The van der Waals surface area contributed by atoms with Crippen molar-refractivity contribution in [2.75, 3.05) is 13.6 Å². The second kappa shape index (κ2) is 5.63. The van der Waals surface area contributed by atoms with Crippen molar-refractivity contribution in [3.63, 3.8) is 0 Å². The Kier molecular flexibility index (Phi) is 4.34. The third-order valence-electron chi connectivity index (χ3n) is 4.30. The lowest BCUT2D eigenvalue weighted by atomic mass is 9.65. The topological polar surface area (TPSA) is 12.0 Å². The molecule has 1 fully saturated rings. The summed E-state index contributed by atoms with van der Waals surface area (Å²) in [6, 6.07) is 8.46. The normalized spacial score (nSPS) is 27.1. The van der Waals surface area contributed by atoms with Crippen LogP contribution in [-0.2, 0) is 0 Å². The number of hydrogen-bond donors (Lipinski definition) is 1. The molecule has 1 nitrogen and oxygen atoms in total. The van der Waals surface area contributed by atoms with Gasteiger partial charge in [0.15, 0.2) is 0 Å². The minimum atomic E-state index is 0.467. The molecular weight excluding hydrogens is 242 g/mol. The Labute approximate surface area is 116 Å². The lowest BCUT2D eigenvalue weighted by molar-refractivity contribution is 0.161. The highest BCUT2D eigenvalue weighted by atomic mass is 35.5. The number of nitrogens with one attached hydrogen (secondary N) is 1. The van der Waals surface area contributed by atoms with Gasteiger partial charge in [-0.1, -0.05) is 37.6 Å². The van der Waals surface area contributed by atoms with Gasteiger partial charge in [0.2, 0.25) is 0 Å². The van der Waals surface area contributed by atoms with Crippen LogP contribution in [0.5, 0.6) is 0 Å². The Balaban J connectivity index is 2.21. The van der Waals surface area contributed by atoms with Crippen LogP contribution in [-0.4, -0.2) is 13.6 Å². The molecular formula is C16H24ClN. The van der Waals surface area contributed by atoms with Crippen LogP contribution in [0.1, 0.15) is 44.6 Å². The average molecular weight is 266 g/mol. The molecule has 2 unspecified atom stereocenters. The van der Waals surface area contributed by atoms with Crippen LogP contribution in [0.25, 0.3) is 0 Å². The van der Waals surface area contributed by atoms with Gasteiger partial charge in [0.05, 0.1) is 0 Å². The molecule has 18 heavy (non-hydrogen) atoms. The molecule has 100 valence electrons. The maximum Gasteiger partial charge on any atom is 0.0406 e. The predicted octanol–water partition coefficient (Wildman–Crippen LogP) is 4.47. The van der Waals surface area contributed by atoms with Crippen molar-refractivity contribution in [2.45, 2.75) is 39.0 Å². The van der Waals surface area contributed by atoms with Crippen LogP contribution in [0, 0.1) is 11.3 Å². The van der Waals surface area contributed by atoms with Crippen LogP contribution >= 0.6 is 11.6 Å². The van der Waals surface area contributed by atoms with Gasteiger partial charge < -0.3 is 5.32 Å². The van der Waals surface area contributed by atoms with Gasteiger partial charge in [0.25, 0.3) is 0 Å². The first kappa shape index (κ1) is 13.9. The van der Waals surface area contributed by atoms with Gasteiger partial charge in [-0.2, -0.15) is 0 Å². The molecule has 0 heterocycles. The molecule has 1 aliphatic carbocycles. The summed E-state index contributed by atoms with van der Waals surface area (Å²) in [5.74, 6) is 1.42. The first-order chi connectivity index (χ1) is 8.52. The van der Waals surface area contributed by atoms with Gasteiger partial charge in [-0.25, -0.2) is 0 Å². The first-order valence-corrected chi connectivity index (χ1v) is 7.30. The molecule has 1 saturated carbocycles. The van der Waals surface area contributed by atoms with E-state index in [1.54, 1.807) is 0 Å². The standard InChI is InChI=1S/C16H24ClN/c1-16(2)9-8-13(11-18-3)15(10-16)12-4-6-14(17)7-5-12/h4-7,13,15,18H,8-11H2,1-3H3. The highest BCUT2D eigenvalue weighted by Gasteiger charge is 2.35. The molecule has 0 spiro atoms. The largest absolute Gasteiger partial charge is 0.319 e. The van der Waals surface area contributed by atoms with E-state index in [0.717, 1.165) is 17.5 Å². The third kappa shape index (κ3) is 3.27. The van der Waals surface area contributed by atoms with Crippen molar-refractivity contribution < 1.29 is 0 Å². The zero-order chi connectivity index (χ0) is 13.2. The minimum Gasteiger partial charge on any atom is -0.319 e. The van der Waals surface area contributed by atoms with E-state index >= 15 is 0 Å². The Morgan fingerprint density at radius 2 is 1.94 bits per heavy atom. The summed E-state index contributed by atoms with van der Waals surface area (Å²) in [6.07, 6.45) is 3.94. The third-order valence-corrected chi connectivity index (χ3v) is 4.55. The maximum atomic E-state index is 5.99. The van der Waals surface area contributed by atoms with Crippen LogP contribution in [0.15, 0.2) is 24.3 Å². The summed E-state index contributed by atoms with van der Waals surface area (Å²) in [7, 11) is 2.05. The van der Waals surface area contributed by atoms with Crippen LogP contribution < -0.4 is 5.32 Å². The molecule has 0 aromatic heterocycles. The van der Waals surface area contributed by atoms with E-state index in [2.05, 4.69) is 38.3 Å². The number of halogens is 1. The SMILES string of the molecule is CNCC1CCC(C)(C)CC1c1ccc(Cl)cc1. The van der Waals surface area contributed by atoms with Crippen LogP contribution in [0.3, 0.4) is 0 Å². The molecule has 2 atom stereocenters. The van der Waals surface area contributed by atoms with Crippen LogP contribution in [0.2, 0.25) is 5.02 Å². The fourth-order valence-corrected chi connectivity index (χ4v) is 3.37. The highest BCUT2D eigenvalue weighted by Crippen LogP contribution is 2.46. The number of benzene rings is 1. The monoisotopic (exact) mass is 265 g/mol. The van der Waals surface area contributed by atoms with Crippen molar-refractivity contribution in [3.05, 3.63) is 34.9 Å². The summed E-state index contributed by atoms with van der Waals surface area (Å²) < 4.78 is 0. The minimum absolute atomic E-state index is 0.467. The van der Waals surface area contributed by atoms with Gasteiger partial charge in [-0.15, -0.1) is 0 Å². The summed E-state index contributed by atoms with van der Waals surface area (Å²) in [4.78, 5) is 0. The van der Waals surface area contributed by atoms with E-state index in [-0.39, 0.29) is 0 Å². The molecule has 2 rings (SSSR count). The van der Waals surface area contributed by atoms with Gasteiger partial charge in [0.1, 0.15) is 0 Å². The molecule has 0 radical (unpaired) electrons. The van der Waals surface area contributed by atoms with Crippen molar-refractivity contribution >= 4 is 11.6 Å². The molecule has 0 bridgehead atoms. The van der Waals surface area contributed by atoms with E-state index in [1.807, 2.05) is 12.1 Å². The van der Waals surface area contributed by atoms with Gasteiger partial charge in [0, 0.05) is 5.02 Å². The summed E-state index contributed by atoms with van der Waals surface area (Å²) in [6.45, 7) is 5.90. The number of rotatable bonds is 3. The molecule has 0 aliphatic heterocycles. The molecule has 2 heteroatoms. The highest BCUT2D eigenvalue weighted by molar-refractivity contribution is 6.30. The van der Waals surface area contributed by atoms with Crippen molar-refractivity contribution in [2.24, 2.45) is 11.3 Å². The fourth-order valence-electron chi connectivity index (χ4n) is 3.25. The lowest BCUT2D eigenvalue weighted by Gasteiger charge is -2.41. The Hall–Kier alpha value is -0.530. The molecule has 1 N–H and O–H groups in total. The van der Waals surface area contributed by atoms with Crippen molar-refractivity contribution in [1.82, 2.24) is 5.32 Å². The summed E-state index contributed by atoms with van der Waals surface area (Å²) >= 11 is 5.99.